The van der Waals surface area contributed by atoms with E-state index < -0.39 is 20.7 Å². The fraction of sp³-hybridized carbons (Fsp3) is 0.462. The molecule has 0 radical (unpaired) electrons. The summed E-state index contributed by atoms with van der Waals surface area (Å²) in [7, 11) is -4.09. The van der Waals surface area contributed by atoms with E-state index in [0.717, 1.165) is 29.3 Å². The van der Waals surface area contributed by atoms with Crippen LogP contribution in [0.5, 0.6) is 0 Å². The summed E-state index contributed by atoms with van der Waals surface area (Å²) in [5, 5.41) is 9.00. The lowest BCUT2D eigenvalue weighted by Gasteiger charge is -2.25. The first-order chi connectivity index (χ1) is 9.87. The van der Waals surface area contributed by atoms with Crippen LogP contribution < -0.4 is 0 Å². The van der Waals surface area contributed by atoms with Gasteiger partial charge in [-0.25, -0.2) is 12.8 Å². The molecule has 0 aromatic heterocycles. The maximum Gasteiger partial charge on any atom is 0.247 e. The summed E-state index contributed by atoms with van der Waals surface area (Å²) < 4.78 is 40.7. The van der Waals surface area contributed by atoms with Crippen LogP contribution in [0.25, 0.3) is 0 Å². The summed E-state index contributed by atoms with van der Waals surface area (Å²) in [4.78, 5) is -0.488. The molecule has 1 aliphatic rings. The Bertz CT molecular complexity index is 684. The molecule has 0 amide bonds. The first-order valence-corrected chi connectivity index (χ1v) is 9.02. The normalized spacial score (nSPS) is 16.3. The van der Waals surface area contributed by atoms with Gasteiger partial charge in [0.05, 0.1) is 11.1 Å². The molecule has 1 aromatic carbocycles. The number of nitrogens with zero attached hydrogens (tertiary/aromatic N) is 2. The summed E-state index contributed by atoms with van der Waals surface area (Å²) in [6, 6.07) is 3.70. The van der Waals surface area contributed by atoms with Crippen molar-refractivity contribution in [1.29, 1.82) is 5.26 Å². The highest BCUT2D eigenvalue weighted by atomic mass is 79.9. The third-order valence-electron chi connectivity index (χ3n) is 3.52. The molecule has 0 N–H and O–H groups in total. The highest BCUT2D eigenvalue weighted by molar-refractivity contribution is 9.10. The van der Waals surface area contributed by atoms with Gasteiger partial charge in [-0.3, -0.25) is 0 Å². The van der Waals surface area contributed by atoms with Crippen LogP contribution in [-0.4, -0.2) is 25.3 Å². The number of sulfonamides is 1. The monoisotopic (exact) mass is 394 g/mol. The van der Waals surface area contributed by atoms with Gasteiger partial charge in [0.2, 0.25) is 10.0 Å². The Morgan fingerprint density at radius 2 is 2.05 bits per heavy atom. The lowest BCUT2D eigenvalue weighted by Crippen LogP contribution is -2.39. The van der Waals surface area contributed by atoms with Crippen molar-refractivity contribution in [2.24, 2.45) is 0 Å². The van der Waals surface area contributed by atoms with E-state index in [9.17, 15) is 12.8 Å². The number of benzene rings is 1. The van der Waals surface area contributed by atoms with Crippen LogP contribution in [0.1, 0.15) is 25.7 Å². The van der Waals surface area contributed by atoms with Crippen LogP contribution in [0.2, 0.25) is 5.02 Å². The van der Waals surface area contributed by atoms with Crippen molar-refractivity contribution in [3.05, 3.63) is 27.4 Å². The molecule has 0 atom stereocenters. The van der Waals surface area contributed by atoms with Gasteiger partial charge in [-0.1, -0.05) is 24.4 Å². The van der Waals surface area contributed by atoms with Gasteiger partial charge in [0.1, 0.15) is 17.3 Å². The second-order valence-electron chi connectivity index (χ2n) is 4.84. The Morgan fingerprint density at radius 3 is 2.62 bits per heavy atom. The molecule has 0 unspecified atom stereocenters. The van der Waals surface area contributed by atoms with Gasteiger partial charge in [-0.05, 0) is 40.9 Å². The molecule has 21 heavy (non-hydrogen) atoms. The fourth-order valence-corrected chi connectivity index (χ4v) is 4.70. The number of hydrogen-bond acceptors (Lipinski definition) is 3. The van der Waals surface area contributed by atoms with E-state index in [1.807, 2.05) is 6.07 Å². The number of rotatable bonds is 4. The molecule has 0 spiro atoms. The molecule has 0 bridgehead atoms. The van der Waals surface area contributed by atoms with Crippen molar-refractivity contribution in [2.45, 2.75) is 36.6 Å². The largest absolute Gasteiger partial charge is 0.247 e. The molecule has 1 aliphatic carbocycles. The summed E-state index contributed by atoms with van der Waals surface area (Å²) in [6.07, 6.45) is 3.19. The Kier molecular flexibility index (Phi) is 5.25. The Morgan fingerprint density at radius 1 is 1.43 bits per heavy atom. The van der Waals surface area contributed by atoms with Gasteiger partial charge < -0.3 is 0 Å². The predicted octanol–water partition coefficient (Wildman–Crippen LogP) is 3.70. The molecular weight excluding hydrogens is 383 g/mol. The van der Waals surface area contributed by atoms with Crippen molar-refractivity contribution in [2.75, 3.05) is 6.54 Å². The summed E-state index contributed by atoms with van der Waals surface area (Å²) in [5.41, 5.74) is 0. The van der Waals surface area contributed by atoms with E-state index in [1.54, 1.807) is 0 Å². The molecule has 114 valence electrons. The van der Waals surface area contributed by atoms with E-state index in [-0.39, 0.29) is 22.1 Å². The quantitative estimate of drug-likeness (QED) is 0.577. The van der Waals surface area contributed by atoms with Crippen molar-refractivity contribution in [1.82, 2.24) is 4.31 Å². The molecule has 0 aliphatic heterocycles. The van der Waals surface area contributed by atoms with Crippen LogP contribution in [0.4, 0.5) is 4.39 Å². The Hall–Kier alpha value is -0.680. The summed E-state index contributed by atoms with van der Waals surface area (Å²) in [5.74, 6) is -0.882. The van der Waals surface area contributed by atoms with Crippen LogP contribution >= 0.6 is 27.5 Å². The second kappa shape index (κ2) is 6.61. The summed E-state index contributed by atoms with van der Waals surface area (Å²) in [6.45, 7) is -0.292. The molecule has 0 saturated heterocycles. The number of nitriles is 1. The molecule has 8 heteroatoms. The minimum Gasteiger partial charge on any atom is -0.207 e. The Labute approximate surface area is 136 Å². The minimum atomic E-state index is -4.09. The fourth-order valence-electron chi connectivity index (χ4n) is 2.50. The topological polar surface area (TPSA) is 61.2 Å². The summed E-state index contributed by atoms with van der Waals surface area (Å²) >= 11 is 8.92. The van der Waals surface area contributed by atoms with Crippen LogP contribution in [-0.2, 0) is 10.0 Å². The first-order valence-electron chi connectivity index (χ1n) is 6.41. The number of halogens is 3. The average Bonchev–Trinajstić information content (AvgIpc) is 2.93. The van der Waals surface area contributed by atoms with E-state index in [1.165, 1.54) is 0 Å². The van der Waals surface area contributed by atoms with Gasteiger partial charge in [-0.15, -0.1) is 0 Å². The van der Waals surface area contributed by atoms with Crippen molar-refractivity contribution in [3.63, 3.8) is 0 Å². The maximum atomic E-state index is 14.0. The molecule has 1 fully saturated rings. The minimum absolute atomic E-state index is 0.110. The standard InChI is InChI=1S/C13H13BrClFN2O2S/c14-10-7-12(16)13(8-11(10)15)21(19,20)18(6-5-17)9-3-1-2-4-9/h7-9H,1-4,6H2. The Balaban J connectivity index is 2.48. The van der Waals surface area contributed by atoms with Gasteiger partial charge in [0.25, 0.3) is 0 Å². The molecule has 1 aromatic rings. The highest BCUT2D eigenvalue weighted by Gasteiger charge is 2.35. The van der Waals surface area contributed by atoms with Gasteiger partial charge in [-0.2, -0.15) is 9.57 Å². The molecule has 0 heterocycles. The number of hydrogen-bond donors (Lipinski definition) is 0. The average molecular weight is 396 g/mol. The maximum absolute atomic E-state index is 14.0. The lowest BCUT2D eigenvalue weighted by molar-refractivity contribution is 0.348. The SMILES string of the molecule is N#CCN(C1CCCC1)S(=O)(=O)c1cc(Cl)c(Br)cc1F. The van der Waals surface area contributed by atoms with E-state index in [2.05, 4.69) is 15.9 Å². The van der Waals surface area contributed by atoms with E-state index in [4.69, 9.17) is 16.9 Å². The third-order valence-corrected chi connectivity index (χ3v) is 6.63. The lowest BCUT2D eigenvalue weighted by atomic mass is 10.2. The van der Waals surface area contributed by atoms with Crippen LogP contribution in [0, 0.1) is 17.1 Å². The third kappa shape index (κ3) is 3.39. The molecule has 1 saturated carbocycles. The van der Waals surface area contributed by atoms with Crippen LogP contribution in [0.3, 0.4) is 0 Å². The predicted molar refractivity (Wildman–Crippen MR) is 80.9 cm³/mol. The molecule has 4 nitrogen and oxygen atoms in total. The van der Waals surface area contributed by atoms with Crippen molar-refractivity contribution >= 4 is 37.6 Å². The van der Waals surface area contributed by atoms with Gasteiger partial charge >= 0.3 is 0 Å². The van der Waals surface area contributed by atoms with E-state index >= 15 is 0 Å². The highest BCUT2D eigenvalue weighted by Crippen LogP contribution is 2.33. The molecular formula is C13H13BrClFN2O2S. The zero-order valence-electron chi connectivity index (χ0n) is 11.0. The van der Waals surface area contributed by atoms with Crippen molar-refractivity contribution in [3.8, 4) is 6.07 Å². The zero-order valence-corrected chi connectivity index (χ0v) is 14.2. The first kappa shape index (κ1) is 16.7. The van der Waals surface area contributed by atoms with E-state index in [0.29, 0.717) is 12.8 Å². The van der Waals surface area contributed by atoms with Gasteiger partial charge in [0, 0.05) is 10.5 Å². The zero-order chi connectivity index (χ0) is 15.6. The van der Waals surface area contributed by atoms with Crippen LogP contribution in [0.15, 0.2) is 21.5 Å². The second-order valence-corrected chi connectivity index (χ2v) is 7.96. The smallest absolute Gasteiger partial charge is 0.207 e. The molecule has 2 rings (SSSR count). The van der Waals surface area contributed by atoms with Gasteiger partial charge in [0.15, 0.2) is 0 Å². The van der Waals surface area contributed by atoms with Crippen molar-refractivity contribution < 1.29 is 12.8 Å².